The number of carbonyl (C=O) groups is 1. The fourth-order valence-electron chi connectivity index (χ4n) is 6.67. The molecule has 2 aromatic heterocycles. The number of anilines is 1. The van der Waals surface area contributed by atoms with Gasteiger partial charge in [0.1, 0.15) is 0 Å². The van der Waals surface area contributed by atoms with Crippen molar-refractivity contribution in [1.29, 1.82) is 0 Å². The van der Waals surface area contributed by atoms with Gasteiger partial charge in [-0.2, -0.15) is 13.2 Å². The van der Waals surface area contributed by atoms with Crippen molar-refractivity contribution in [2.75, 3.05) is 44.2 Å². The van der Waals surface area contributed by atoms with Crippen LogP contribution in [0.2, 0.25) is 5.02 Å². The number of hydrogen-bond acceptors (Lipinski definition) is 6. The highest BCUT2D eigenvalue weighted by molar-refractivity contribution is 6.30. The van der Waals surface area contributed by atoms with Crippen molar-refractivity contribution in [1.82, 2.24) is 20.2 Å². The van der Waals surface area contributed by atoms with Gasteiger partial charge in [0.15, 0.2) is 0 Å². The molecule has 1 N–H and O–H groups in total. The Labute approximate surface area is 248 Å². The van der Waals surface area contributed by atoms with Crippen molar-refractivity contribution in [3.8, 4) is 17.1 Å². The van der Waals surface area contributed by atoms with Crippen molar-refractivity contribution in [3.05, 3.63) is 70.5 Å². The molecule has 3 aliphatic heterocycles. The Hall–Kier alpha value is -3.37. The number of amides is 1. The number of carbonyl (C=O) groups excluding carboxylic acids is 1. The van der Waals surface area contributed by atoms with Gasteiger partial charge in [-0.3, -0.25) is 9.78 Å². The number of benzene rings is 1. The summed E-state index contributed by atoms with van der Waals surface area (Å²) < 4.78 is 47.5. The van der Waals surface area contributed by atoms with E-state index in [4.69, 9.17) is 21.3 Å². The first kappa shape index (κ1) is 28.7. The molecule has 6 rings (SSSR count). The second-order valence-corrected chi connectivity index (χ2v) is 11.7. The van der Waals surface area contributed by atoms with Crippen molar-refractivity contribution < 1.29 is 22.7 Å². The first-order valence-corrected chi connectivity index (χ1v) is 14.8. The molecule has 1 atom stereocenters. The molecular weight excluding hydrogens is 567 g/mol. The molecule has 222 valence electrons. The van der Waals surface area contributed by atoms with Gasteiger partial charge in [0.2, 0.25) is 11.8 Å². The molecule has 0 radical (unpaired) electrons. The van der Waals surface area contributed by atoms with Crippen LogP contribution in [-0.2, 0) is 22.9 Å². The summed E-state index contributed by atoms with van der Waals surface area (Å²) in [6.07, 6.45) is -1.10. The number of aromatic nitrogens is 2. The number of alkyl halides is 3. The van der Waals surface area contributed by atoms with Gasteiger partial charge in [-0.1, -0.05) is 17.7 Å². The molecule has 0 unspecified atom stereocenters. The summed E-state index contributed by atoms with van der Waals surface area (Å²) in [4.78, 5) is 27.4. The van der Waals surface area contributed by atoms with Crippen LogP contribution in [0, 0.1) is 5.92 Å². The first-order valence-electron chi connectivity index (χ1n) is 14.4. The Balaban J connectivity index is 1.36. The van der Waals surface area contributed by atoms with Crippen LogP contribution in [-0.4, -0.2) is 60.1 Å². The Kier molecular flexibility index (Phi) is 7.78. The maximum atomic E-state index is 14.3. The van der Waals surface area contributed by atoms with Crippen molar-refractivity contribution in [3.63, 3.8) is 0 Å². The van der Waals surface area contributed by atoms with Gasteiger partial charge in [-0.05, 0) is 87.2 Å². The zero-order chi connectivity index (χ0) is 29.5. The number of pyridine rings is 2. The molecule has 1 aromatic carbocycles. The number of fused-ring (bicyclic) bond motifs is 2. The molecule has 1 amide bonds. The van der Waals surface area contributed by atoms with Crippen LogP contribution in [0.25, 0.3) is 11.3 Å². The minimum atomic E-state index is -4.54. The lowest BCUT2D eigenvalue weighted by Crippen LogP contribution is -2.57. The van der Waals surface area contributed by atoms with Crippen LogP contribution in [0.3, 0.4) is 0 Å². The zero-order valence-electron chi connectivity index (χ0n) is 23.4. The molecule has 3 aliphatic rings. The molecule has 7 nitrogen and oxygen atoms in total. The highest BCUT2D eigenvalue weighted by Crippen LogP contribution is 2.46. The number of halogens is 4. The van der Waals surface area contributed by atoms with Crippen molar-refractivity contribution in [2.45, 2.75) is 44.3 Å². The normalized spacial score (nSPS) is 20.2. The Morgan fingerprint density at radius 3 is 2.69 bits per heavy atom. The molecule has 0 bridgehead atoms. The molecule has 1 spiro atoms. The lowest BCUT2D eigenvalue weighted by atomic mass is 9.68. The molecule has 42 heavy (non-hydrogen) atoms. The maximum Gasteiger partial charge on any atom is 0.418 e. The number of piperidine rings is 1. The van der Waals surface area contributed by atoms with E-state index in [0.29, 0.717) is 63.1 Å². The zero-order valence-corrected chi connectivity index (χ0v) is 24.1. The summed E-state index contributed by atoms with van der Waals surface area (Å²) in [6, 6.07) is 11.5. The maximum absolute atomic E-state index is 14.3. The summed E-state index contributed by atoms with van der Waals surface area (Å²) in [5.41, 5.74) is 1.65. The van der Waals surface area contributed by atoms with Crippen LogP contribution in [0.5, 0.6) is 5.88 Å². The van der Waals surface area contributed by atoms with Gasteiger partial charge in [0, 0.05) is 36.5 Å². The topological polar surface area (TPSA) is 70.6 Å². The third-order valence-electron chi connectivity index (χ3n) is 8.72. The first-order chi connectivity index (χ1) is 20.2. The number of nitrogens with one attached hydrogen (secondary N) is 1. The third kappa shape index (κ3) is 5.30. The number of rotatable bonds is 6. The second kappa shape index (κ2) is 11.4. The average molecular weight is 600 g/mol. The molecule has 3 aromatic rings. The van der Waals surface area contributed by atoms with Gasteiger partial charge in [-0.25, -0.2) is 4.98 Å². The smallest absolute Gasteiger partial charge is 0.418 e. The van der Waals surface area contributed by atoms with Gasteiger partial charge in [0.25, 0.3) is 0 Å². The summed E-state index contributed by atoms with van der Waals surface area (Å²) >= 11 is 5.93. The second-order valence-electron chi connectivity index (χ2n) is 11.3. The molecule has 0 saturated carbocycles. The lowest BCUT2D eigenvalue weighted by molar-refractivity contribution is -0.141. The average Bonchev–Trinajstić information content (AvgIpc) is 3.49. The van der Waals surface area contributed by atoms with E-state index in [2.05, 4.69) is 10.3 Å². The Morgan fingerprint density at radius 1 is 1.17 bits per heavy atom. The van der Waals surface area contributed by atoms with E-state index in [1.54, 1.807) is 11.1 Å². The Morgan fingerprint density at radius 2 is 1.98 bits per heavy atom. The molecule has 2 saturated heterocycles. The fraction of sp³-hybridized carbons (Fsp3) is 0.452. The highest BCUT2D eigenvalue weighted by Gasteiger charge is 2.50. The lowest BCUT2D eigenvalue weighted by Gasteiger charge is -2.48. The summed E-state index contributed by atoms with van der Waals surface area (Å²) in [7, 11) is 0. The van der Waals surface area contributed by atoms with Crippen LogP contribution in [0.4, 0.5) is 18.9 Å². The van der Waals surface area contributed by atoms with E-state index >= 15 is 0 Å². The minimum Gasteiger partial charge on any atom is -0.477 e. The quantitative estimate of drug-likeness (QED) is 0.392. The van der Waals surface area contributed by atoms with Crippen LogP contribution in [0.15, 0.2) is 48.7 Å². The van der Waals surface area contributed by atoms with E-state index in [0.717, 1.165) is 42.4 Å². The standard InChI is InChI=1S/C31H33ClF3N5O2/c1-2-42-28-22(4-3-12-37-28)25-7-6-23-26(38-25)19-40(18-20-9-13-36-17-20)29(41)30(23)10-14-39(15-11-30)27-8-5-21(32)16-24(27)31(33,34)35/h3-8,12,16,20,36H,2,9-11,13-15,17-19H2,1H3/t20-/m1/s1. The van der Waals surface area contributed by atoms with E-state index < -0.39 is 17.2 Å². The third-order valence-corrected chi connectivity index (χ3v) is 8.95. The summed E-state index contributed by atoms with van der Waals surface area (Å²) in [6.45, 7) is 5.76. The summed E-state index contributed by atoms with van der Waals surface area (Å²) in [5.74, 6) is 0.890. The van der Waals surface area contributed by atoms with E-state index in [-0.39, 0.29) is 16.6 Å². The van der Waals surface area contributed by atoms with E-state index in [9.17, 15) is 18.0 Å². The molecule has 2 fully saturated rings. The fourth-order valence-corrected chi connectivity index (χ4v) is 6.84. The Bertz CT molecular complexity index is 1470. The van der Waals surface area contributed by atoms with Crippen molar-refractivity contribution >= 4 is 23.2 Å². The minimum absolute atomic E-state index is 0.0379. The van der Waals surface area contributed by atoms with E-state index in [1.165, 1.54) is 12.1 Å². The SMILES string of the molecule is CCOc1ncccc1-c1ccc2c(n1)CN(C[C@@H]1CCNC1)C(=O)C21CCN(c2ccc(Cl)cc2C(F)(F)F)CC1. The molecule has 11 heteroatoms. The van der Waals surface area contributed by atoms with Gasteiger partial charge < -0.3 is 19.9 Å². The van der Waals surface area contributed by atoms with Gasteiger partial charge >= 0.3 is 6.18 Å². The predicted molar refractivity (Wildman–Crippen MR) is 155 cm³/mol. The predicted octanol–water partition coefficient (Wildman–Crippen LogP) is 5.70. The van der Waals surface area contributed by atoms with Crippen LogP contribution in [0.1, 0.15) is 43.0 Å². The molecule has 0 aliphatic carbocycles. The van der Waals surface area contributed by atoms with Crippen LogP contribution < -0.4 is 15.0 Å². The number of hydrogen-bond donors (Lipinski definition) is 1. The van der Waals surface area contributed by atoms with Crippen LogP contribution >= 0.6 is 11.6 Å². The van der Waals surface area contributed by atoms with E-state index in [1.807, 2.05) is 36.1 Å². The van der Waals surface area contributed by atoms with Gasteiger partial charge in [0.05, 0.1) is 41.1 Å². The van der Waals surface area contributed by atoms with Crippen molar-refractivity contribution in [2.24, 2.45) is 5.92 Å². The largest absolute Gasteiger partial charge is 0.477 e. The van der Waals surface area contributed by atoms with Gasteiger partial charge in [-0.15, -0.1) is 0 Å². The monoisotopic (exact) mass is 599 g/mol. The summed E-state index contributed by atoms with van der Waals surface area (Å²) in [5, 5.41) is 3.42. The molecular formula is C31H33ClF3N5O2. The number of ether oxygens (including phenoxy) is 1. The number of nitrogens with zero attached hydrogens (tertiary/aromatic N) is 4. The molecule has 5 heterocycles. The highest BCUT2D eigenvalue weighted by atomic mass is 35.5.